The topological polar surface area (TPSA) is 9.72 Å². The Balaban J connectivity index is 1.93. The Morgan fingerprint density at radius 3 is 1.76 bits per heavy atom. The molecule has 0 aromatic rings. The van der Waals surface area contributed by atoms with Gasteiger partial charge in [-0.2, -0.15) is 0 Å². The van der Waals surface area contributed by atoms with Gasteiger partial charge in [-0.15, -0.1) is 0 Å². The highest BCUT2D eigenvalue weighted by Gasteiger charge is 2.38. The summed E-state index contributed by atoms with van der Waals surface area (Å²) in [6, 6.07) is 2.85. The van der Waals surface area contributed by atoms with Crippen LogP contribution in [0.15, 0.2) is 0 Å². The standard InChI is InChI=1S/C18H37N3/c1-14(2)19-10-8-17(9-11-19)20-12-15(3)21(16(4)13-20)18(5,6)7/h14-17H,8-13H2,1-7H3. The van der Waals surface area contributed by atoms with E-state index in [1.165, 1.54) is 39.0 Å². The van der Waals surface area contributed by atoms with Crippen LogP contribution in [0.3, 0.4) is 0 Å². The molecular formula is C18H37N3. The van der Waals surface area contributed by atoms with Gasteiger partial charge >= 0.3 is 0 Å². The predicted molar refractivity (Wildman–Crippen MR) is 91.8 cm³/mol. The van der Waals surface area contributed by atoms with Crippen molar-refractivity contribution in [2.45, 2.75) is 91.0 Å². The second-order valence-corrected chi connectivity index (χ2v) is 8.59. The van der Waals surface area contributed by atoms with Crippen LogP contribution in [0.2, 0.25) is 0 Å². The van der Waals surface area contributed by atoms with Gasteiger partial charge in [0.25, 0.3) is 0 Å². The summed E-state index contributed by atoms with van der Waals surface area (Å²) in [4.78, 5) is 8.14. The van der Waals surface area contributed by atoms with E-state index in [4.69, 9.17) is 0 Å². The zero-order valence-electron chi connectivity index (χ0n) is 15.4. The molecule has 0 radical (unpaired) electrons. The SMILES string of the molecule is CC(C)N1CCC(N2CC(C)N(C(C)(C)C)C(C)C2)CC1. The lowest BCUT2D eigenvalue weighted by Crippen LogP contribution is -2.64. The van der Waals surface area contributed by atoms with Gasteiger partial charge in [0.2, 0.25) is 0 Å². The quantitative estimate of drug-likeness (QED) is 0.775. The van der Waals surface area contributed by atoms with Crippen molar-refractivity contribution in [2.75, 3.05) is 26.2 Å². The largest absolute Gasteiger partial charge is 0.301 e. The molecule has 0 spiro atoms. The molecule has 21 heavy (non-hydrogen) atoms. The molecule has 3 nitrogen and oxygen atoms in total. The van der Waals surface area contributed by atoms with Crippen molar-refractivity contribution in [3.8, 4) is 0 Å². The third-order valence-electron chi connectivity index (χ3n) is 5.47. The van der Waals surface area contributed by atoms with E-state index in [-0.39, 0.29) is 5.54 Å². The Bertz CT molecular complexity index is 314. The molecule has 3 heteroatoms. The van der Waals surface area contributed by atoms with Gasteiger partial charge in [-0.25, -0.2) is 0 Å². The van der Waals surface area contributed by atoms with E-state index in [9.17, 15) is 0 Å². The molecule has 2 fully saturated rings. The Kier molecular flexibility index (Phi) is 5.38. The van der Waals surface area contributed by atoms with Gasteiger partial charge in [0.1, 0.15) is 0 Å². The maximum atomic E-state index is 2.79. The fourth-order valence-corrected chi connectivity index (χ4v) is 4.75. The predicted octanol–water partition coefficient (Wildman–Crippen LogP) is 3.05. The minimum Gasteiger partial charge on any atom is -0.301 e. The van der Waals surface area contributed by atoms with E-state index in [2.05, 4.69) is 63.2 Å². The number of rotatable bonds is 2. The lowest BCUT2D eigenvalue weighted by atomic mass is 9.94. The van der Waals surface area contributed by atoms with Crippen LogP contribution in [0.1, 0.15) is 61.3 Å². The molecule has 2 rings (SSSR count). The summed E-state index contributed by atoms with van der Waals surface area (Å²) in [7, 11) is 0. The molecule has 0 aromatic heterocycles. The van der Waals surface area contributed by atoms with Gasteiger partial charge < -0.3 is 4.90 Å². The summed E-state index contributed by atoms with van der Waals surface area (Å²) in [6.45, 7) is 21.6. The number of piperazine rings is 1. The summed E-state index contributed by atoms with van der Waals surface area (Å²) in [6.07, 6.45) is 2.71. The van der Waals surface area contributed by atoms with Crippen molar-refractivity contribution in [3.05, 3.63) is 0 Å². The van der Waals surface area contributed by atoms with Crippen molar-refractivity contribution in [2.24, 2.45) is 0 Å². The number of nitrogens with zero attached hydrogens (tertiary/aromatic N) is 3. The first kappa shape index (κ1) is 17.2. The second kappa shape index (κ2) is 6.55. The molecule has 0 aliphatic carbocycles. The van der Waals surface area contributed by atoms with Gasteiger partial charge in [0.15, 0.2) is 0 Å². The van der Waals surface area contributed by atoms with E-state index in [0.29, 0.717) is 18.1 Å². The average molecular weight is 296 g/mol. The fourth-order valence-electron chi connectivity index (χ4n) is 4.75. The van der Waals surface area contributed by atoms with Crippen molar-refractivity contribution in [1.82, 2.24) is 14.7 Å². The zero-order valence-corrected chi connectivity index (χ0v) is 15.4. The molecule has 2 heterocycles. The van der Waals surface area contributed by atoms with Gasteiger partial charge in [0.05, 0.1) is 0 Å². The molecular weight excluding hydrogens is 258 g/mol. The molecule has 2 atom stereocenters. The first-order valence-corrected chi connectivity index (χ1v) is 8.96. The smallest absolute Gasteiger partial charge is 0.0203 e. The number of hydrogen-bond donors (Lipinski definition) is 0. The molecule has 124 valence electrons. The van der Waals surface area contributed by atoms with Crippen molar-refractivity contribution < 1.29 is 0 Å². The molecule has 0 N–H and O–H groups in total. The molecule has 2 aliphatic heterocycles. The third-order valence-corrected chi connectivity index (χ3v) is 5.47. The summed E-state index contributed by atoms with van der Waals surface area (Å²) in [5.74, 6) is 0. The average Bonchev–Trinajstić information content (AvgIpc) is 2.36. The maximum absolute atomic E-state index is 2.79. The molecule has 0 saturated carbocycles. The Hall–Kier alpha value is -0.120. The van der Waals surface area contributed by atoms with Crippen LogP contribution < -0.4 is 0 Å². The van der Waals surface area contributed by atoms with E-state index in [1.54, 1.807) is 0 Å². The van der Waals surface area contributed by atoms with Gasteiger partial charge in [-0.1, -0.05) is 0 Å². The van der Waals surface area contributed by atoms with Crippen LogP contribution >= 0.6 is 0 Å². The minimum atomic E-state index is 0.284. The molecule has 0 aromatic carbocycles. The highest BCUT2D eigenvalue weighted by molar-refractivity contribution is 4.94. The monoisotopic (exact) mass is 295 g/mol. The van der Waals surface area contributed by atoms with Crippen LogP contribution in [0.25, 0.3) is 0 Å². The Labute approximate surface area is 132 Å². The second-order valence-electron chi connectivity index (χ2n) is 8.59. The minimum absolute atomic E-state index is 0.284. The molecule has 0 bridgehead atoms. The van der Waals surface area contributed by atoms with E-state index in [1.807, 2.05) is 0 Å². The lowest BCUT2D eigenvalue weighted by molar-refractivity contribution is -0.0456. The number of likely N-dealkylation sites (tertiary alicyclic amines) is 1. The zero-order chi connectivity index (χ0) is 15.8. The van der Waals surface area contributed by atoms with Crippen molar-refractivity contribution in [3.63, 3.8) is 0 Å². The Morgan fingerprint density at radius 1 is 0.905 bits per heavy atom. The molecule has 0 amide bonds. The van der Waals surface area contributed by atoms with E-state index in [0.717, 1.165) is 6.04 Å². The van der Waals surface area contributed by atoms with Crippen LogP contribution in [0, 0.1) is 0 Å². The number of hydrogen-bond acceptors (Lipinski definition) is 3. The van der Waals surface area contributed by atoms with Gasteiger partial charge in [-0.3, -0.25) is 9.80 Å². The highest BCUT2D eigenvalue weighted by atomic mass is 15.3. The highest BCUT2D eigenvalue weighted by Crippen LogP contribution is 2.28. The Morgan fingerprint density at radius 2 is 1.38 bits per heavy atom. The molecule has 2 saturated heterocycles. The summed E-state index contributed by atoms with van der Waals surface area (Å²) >= 11 is 0. The molecule has 2 aliphatic rings. The molecule has 2 unspecified atom stereocenters. The van der Waals surface area contributed by atoms with E-state index >= 15 is 0 Å². The van der Waals surface area contributed by atoms with Gasteiger partial charge in [-0.05, 0) is 74.4 Å². The van der Waals surface area contributed by atoms with E-state index < -0.39 is 0 Å². The third kappa shape index (κ3) is 4.00. The first-order chi connectivity index (χ1) is 9.70. The summed E-state index contributed by atoms with van der Waals surface area (Å²) < 4.78 is 0. The van der Waals surface area contributed by atoms with Crippen LogP contribution in [-0.2, 0) is 0 Å². The van der Waals surface area contributed by atoms with Crippen LogP contribution in [0.5, 0.6) is 0 Å². The van der Waals surface area contributed by atoms with Crippen LogP contribution in [-0.4, -0.2) is 70.6 Å². The number of piperidine rings is 1. The van der Waals surface area contributed by atoms with Crippen molar-refractivity contribution >= 4 is 0 Å². The lowest BCUT2D eigenvalue weighted by Gasteiger charge is -2.53. The summed E-state index contributed by atoms with van der Waals surface area (Å²) in [5, 5.41) is 0. The van der Waals surface area contributed by atoms with Gasteiger partial charge in [0, 0.05) is 42.8 Å². The normalized spacial score (nSPS) is 32.0. The fraction of sp³-hybridized carbons (Fsp3) is 1.00. The maximum Gasteiger partial charge on any atom is 0.0203 e. The van der Waals surface area contributed by atoms with Crippen LogP contribution in [0.4, 0.5) is 0 Å². The van der Waals surface area contributed by atoms with Crippen molar-refractivity contribution in [1.29, 1.82) is 0 Å². The summed E-state index contributed by atoms with van der Waals surface area (Å²) in [5.41, 5.74) is 0.284. The first-order valence-electron chi connectivity index (χ1n) is 8.96.